The van der Waals surface area contributed by atoms with Gasteiger partial charge in [0.25, 0.3) is 0 Å². The average Bonchev–Trinajstić information content (AvgIpc) is 2.22. The van der Waals surface area contributed by atoms with Crippen molar-refractivity contribution < 1.29 is 14.8 Å². The van der Waals surface area contributed by atoms with Crippen molar-refractivity contribution in [2.75, 3.05) is 13.2 Å². The molecule has 0 heterocycles. The van der Waals surface area contributed by atoms with E-state index in [9.17, 15) is 0 Å². The number of nitrogens with two attached hydrogens (primary N) is 1. The van der Waals surface area contributed by atoms with E-state index >= 15 is 0 Å². The second-order valence-electron chi connectivity index (χ2n) is 2.89. The molecule has 0 aliphatic heterocycles. The van der Waals surface area contributed by atoms with Crippen LogP contribution in [0.4, 0.5) is 0 Å². The van der Waals surface area contributed by atoms with Crippen LogP contribution in [0.5, 0.6) is 5.75 Å². The van der Waals surface area contributed by atoms with E-state index in [4.69, 9.17) is 27.4 Å². The van der Waals surface area contributed by atoms with E-state index in [1.165, 1.54) is 0 Å². The predicted molar refractivity (Wildman–Crippen MR) is 55.8 cm³/mol. The molecule has 0 saturated carbocycles. The largest absolute Gasteiger partial charge is 0.487 e. The van der Waals surface area contributed by atoms with Crippen molar-refractivity contribution in [2.45, 2.75) is 6.10 Å². The van der Waals surface area contributed by atoms with Gasteiger partial charge in [0.1, 0.15) is 18.5 Å². The van der Waals surface area contributed by atoms with Gasteiger partial charge in [0.15, 0.2) is 0 Å². The summed E-state index contributed by atoms with van der Waals surface area (Å²) in [5.41, 5.74) is 2.00. The SMILES string of the molecule is NOCC(CNO)Oc1ccc(Cl)cc1. The Labute approximate surface area is 92.6 Å². The van der Waals surface area contributed by atoms with Crippen LogP contribution >= 0.6 is 11.6 Å². The minimum absolute atomic E-state index is 0.177. The molecule has 0 spiro atoms. The first kappa shape index (κ1) is 12.2. The summed E-state index contributed by atoms with van der Waals surface area (Å²) < 4.78 is 5.46. The smallest absolute Gasteiger partial charge is 0.139 e. The van der Waals surface area contributed by atoms with E-state index in [1.54, 1.807) is 24.3 Å². The van der Waals surface area contributed by atoms with E-state index in [-0.39, 0.29) is 19.3 Å². The second kappa shape index (κ2) is 6.60. The average molecular weight is 233 g/mol. The normalized spacial score (nSPS) is 12.5. The molecule has 0 aliphatic rings. The van der Waals surface area contributed by atoms with Gasteiger partial charge in [0.05, 0.1) is 6.54 Å². The van der Waals surface area contributed by atoms with E-state index < -0.39 is 0 Å². The van der Waals surface area contributed by atoms with Gasteiger partial charge in [0.2, 0.25) is 0 Å². The van der Waals surface area contributed by atoms with Crippen molar-refractivity contribution in [3.05, 3.63) is 29.3 Å². The Morgan fingerprint density at radius 1 is 1.40 bits per heavy atom. The zero-order valence-electron chi connectivity index (χ0n) is 8.02. The number of ether oxygens (including phenoxy) is 1. The molecule has 0 amide bonds. The van der Waals surface area contributed by atoms with Crippen molar-refractivity contribution >= 4 is 11.6 Å². The van der Waals surface area contributed by atoms with Crippen LogP contribution in [0.25, 0.3) is 0 Å². The molecule has 0 fully saturated rings. The van der Waals surface area contributed by atoms with Gasteiger partial charge >= 0.3 is 0 Å². The Kier molecular flexibility index (Phi) is 5.38. The van der Waals surface area contributed by atoms with Crippen LogP contribution < -0.4 is 16.1 Å². The van der Waals surface area contributed by atoms with Gasteiger partial charge in [-0.1, -0.05) is 11.6 Å². The van der Waals surface area contributed by atoms with E-state index in [0.717, 1.165) is 0 Å². The number of nitrogens with one attached hydrogen (secondary N) is 1. The topological polar surface area (TPSA) is 76.7 Å². The summed E-state index contributed by atoms with van der Waals surface area (Å²) in [5.74, 6) is 5.56. The summed E-state index contributed by atoms with van der Waals surface area (Å²) in [5, 5.41) is 9.17. The fourth-order valence-electron chi connectivity index (χ4n) is 1.05. The second-order valence-corrected chi connectivity index (χ2v) is 3.33. The maximum Gasteiger partial charge on any atom is 0.139 e. The van der Waals surface area contributed by atoms with Crippen LogP contribution in [-0.2, 0) is 4.84 Å². The number of halogens is 1. The van der Waals surface area contributed by atoms with Crippen LogP contribution in [0.1, 0.15) is 0 Å². The van der Waals surface area contributed by atoms with Crippen molar-refractivity contribution in [3.8, 4) is 5.75 Å². The first-order chi connectivity index (χ1) is 7.26. The molecule has 84 valence electrons. The zero-order chi connectivity index (χ0) is 11.1. The van der Waals surface area contributed by atoms with Crippen molar-refractivity contribution in [1.82, 2.24) is 5.48 Å². The maximum absolute atomic E-state index is 8.54. The van der Waals surface area contributed by atoms with Gasteiger partial charge < -0.3 is 14.8 Å². The van der Waals surface area contributed by atoms with Crippen molar-refractivity contribution in [2.24, 2.45) is 5.90 Å². The molecule has 0 radical (unpaired) electrons. The molecule has 6 heteroatoms. The maximum atomic E-state index is 8.54. The highest BCUT2D eigenvalue weighted by atomic mass is 35.5. The van der Waals surface area contributed by atoms with Crippen LogP contribution in [0.3, 0.4) is 0 Å². The lowest BCUT2D eigenvalue weighted by Gasteiger charge is -2.16. The lowest BCUT2D eigenvalue weighted by Crippen LogP contribution is -2.34. The van der Waals surface area contributed by atoms with Crippen molar-refractivity contribution in [1.29, 1.82) is 0 Å². The van der Waals surface area contributed by atoms with E-state index in [1.807, 2.05) is 5.48 Å². The Balaban J connectivity index is 2.53. The minimum Gasteiger partial charge on any atom is -0.487 e. The molecule has 1 aromatic carbocycles. The molecule has 0 bridgehead atoms. The van der Waals surface area contributed by atoms with Gasteiger partial charge in [-0.25, -0.2) is 11.4 Å². The molecule has 4 N–H and O–H groups in total. The van der Waals surface area contributed by atoms with Crippen LogP contribution in [0, 0.1) is 0 Å². The Bertz CT molecular complexity index is 275. The molecular formula is C9H13ClN2O3. The Morgan fingerprint density at radius 3 is 2.60 bits per heavy atom. The summed E-state index contributed by atoms with van der Waals surface area (Å²) >= 11 is 5.72. The van der Waals surface area contributed by atoms with E-state index in [0.29, 0.717) is 10.8 Å². The lowest BCUT2D eigenvalue weighted by atomic mass is 10.3. The summed E-state index contributed by atoms with van der Waals surface area (Å²) in [6.07, 6.45) is -0.360. The fraction of sp³-hybridized carbons (Fsp3) is 0.333. The summed E-state index contributed by atoms with van der Waals surface area (Å²) in [4.78, 5) is 4.45. The van der Waals surface area contributed by atoms with Gasteiger partial charge in [-0.2, -0.15) is 0 Å². The third-order valence-electron chi connectivity index (χ3n) is 1.72. The van der Waals surface area contributed by atoms with Gasteiger partial charge in [0, 0.05) is 5.02 Å². The first-order valence-electron chi connectivity index (χ1n) is 4.37. The predicted octanol–water partition coefficient (Wildman–Crippen LogP) is 0.957. The number of hydrogen-bond donors (Lipinski definition) is 3. The summed E-state index contributed by atoms with van der Waals surface area (Å²) in [6.45, 7) is 0.399. The Hall–Kier alpha value is -0.850. The molecule has 1 unspecified atom stereocenters. The molecule has 5 nitrogen and oxygen atoms in total. The molecular weight excluding hydrogens is 220 g/mol. The van der Waals surface area contributed by atoms with E-state index in [2.05, 4.69) is 4.84 Å². The Morgan fingerprint density at radius 2 is 2.07 bits per heavy atom. The third-order valence-corrected chi connectivity index (χ3v) is 1.97. The lowest BCUT2D eigenvalue weighted by molar-refractivity contribution is 0.0277. The van der Waals surface area contributed by atoms with Crippen molar-refractivity contribution in [3.63, 3.8) is 0 Å². The minimum atomic E-state index is -0.360. The number of hydrogen-bond acceptors (Lipinski definition) is 5. The highest BCUT2D eigenvalue weighted by molar-refractivity contribution is 6.30. The molecule has 1 rings (SSSR count). The molecule has 0 aliphatic carbocycles. The van der Waals surface area contributed by atoms with Crippen LogP contribution in [-0.4, -0.2) is 24.5 Å². The summed E-state index contributed by atoms with van der Waals surface area (Å²) in [6, 6.07) is 6.87. The highest BCUT2D eigenvalue weighted by Gasteiger charge is 2.09. The summed E-state index contributed by atoms with van der Waals surface area (Å²) in [7, 11) is 0. The number of rotatable bonds is 6. The molecule has 0 aromatic heterocycles. The monoisotopic (exact) mass is 232 g/mol. The van der Waals surface area contributed by atoms with Gasteiger partial charge in [-0.05, 0) is 24.3 Å². The number of benzene rings is 1. The molecule has 0 saturated heterocycles. The third kappa shape index (κ3) is 4.46. The number of hydroxylamine groups is 1. The van der Waals surface area contributed by atoms with Gasteiger partial charge in [-0.3, -0.25) is 0 Å². The standard InChI is InChI=1S/C9H13ClN2O3/c10-7-1-3-8(4-2-7)15-9(5-12-13)6-14-11/h1-4,9,12-13H,5-6,11H2. The highest BCUT2D eigenvalue weighted by Crippen LogP contribution is 2.16. The van der Waals surface area contributed by atoms with Crippen LogP contribution in [0.15, 0.2) is 24.3 Å². The molecule has 15 heavy (non-hydrogen) atoms. The van der Waals surface area contributed by atoms with Gasteiger partial charge in [-0.15, -0.1) is 0 Å². The zero-order valence-corrected chi connectivity index (χ0v) is 8.78. The first-order valence-corrected chi connectivity index (χ1v) is 4.75. The fourth-order valence-corrected chi connectivity index (χ4v) is 1.18. The quantitative estimate of drug-likeness (QED) is 0.637. The molecule has 1 aromatic rings. The molecule has 1 atom stereocenters. The van der Waals surface area contributed by atoms with Crippen LogP contribution in [0.2, 0.25) is 5.02 Å².